The molecule has 7 nitrogen and oxygen atoms in total. The summed E-state index contributed by atoms with van der Waals surface area (Å²) in [5.74, 6) is 0.743. The number of amides is 3. The number of rotatable bonds is 7. The monoisotopic (exact) mass is 396 g/mol. The summed E-state index contributed by atoms with van der Waals surface area (Å²) in [6, 6.07) is 17.0. The van der Waals surface area contributed by atoms with Gasteiger partial charge < -0.3 is 20.7 Å². The number of likely N-dealkylation sites (tertiary alicyclic amines) is 1. The number of urea groups is 1. The van der Waals surface area contributed by atoms with Crippen LogP contribution in [0, 0.1) is 0 Å². The second-order valence-corrected chi connectivity index (χ2v) is 7.10. The van der Waals surface area contributed by atoms with Gasteiger partial charge >= 0.3 is 6.03 Å². The van der Waals surface area contributed by atoms with E-state index >= 15 is 0 Å². The molecule has 1 aliphatic rings. The van der Waals surface area contributed by atoms with Crippen LogP contribution in [0.1, 0.15) is 18.4 Å². The first kappa shape index (κ1) is 20.7. The minimum atomic E-state index is -0.184. The Morgan fingerprint density at radius 3 is 2.45 bits per heavy atom. The Bertz CT molecular complexity index is 805. The quantitative estimate of drug-likeness (QED) is 0.672. The van der Waals surface area contributed by atoms with Gasteiger partial charge in [-0.25, -0.2) is 4.79 Å². The van der Waals surface area contributed by atoms with E-state index in [0.717, 1.165) is 42.9 Å². The van der Waals surface area contributed by atoms with Crippen LogP contribution in [0.15, 0.2) is 54.6 Å². The van der Waals surface area contributed by atoms with Gasteiger partial charge in [0.1, 0.15) is 5.75 Å². The third-order valence-corrected chi connectivity index (χ3v) is 4.98. The largest absolute Gasteiger partial charge is 0.496 e. The molecule has 1 heterocycles. The van der Waals surface area contributed by atoms with E-state index in [0.29, 0.717) is 13.1 Å². The lowest BCUT2D eigenvalue weighted by atomic mass is 10.1. The number of carbonyl (C=O) groups excluding carboxylic acids is 2. The van der Waals surface area contributed by atoms with Crippen LogP contribution < -0.4 is 20.7 Å². The number of benzene rings is 2. The first-order valence-corrected chi connectivity index (χ1v) is 9.87. The maximum atomic E-state index is 12.2. The fourth-order valence-corrected chi connectivity index (χ4v) is 3.42. The van der Waals surface area contributed by atoms with E-state index in [1.54, 1.807) is 7.11 Å². The molecular weight excluding hydrogens is 368 g/mol. The Balaban J connectivity index is 1.36. The summed E-state index contributed by atoms with van der Waals surface area (Å²) >= 11 is 0. The van der Waals surface area contributed by atoms with Gasteiger partial charge in [-0.05, 0) is 31.0 Å². The van der Waals surface area contributed by atoms with Crippen LogP contribution in [-0.2, 0) is 11.3 Å². The standard InChI is InChI=1S/C22H28N4O3/c1-29-20-10-6-5-7-17(20)15-23-22(28)25-19-11-13-26(14-12-19)16-21(27)24-18-8-3-2-4-9-18/h2-10,19H,11-16H2,1H3,(H,24,27)(H2,23,25,28). The maximum absolute atomic E-state index is 12.2. The summed E-state index contributed by atoms with van der Waals surface area (Å²) in [6.07, 6.45) is 1.64. The van der Waals surface area contributed by atoms with Crippen LogP contribution in [-0.4, -0.2) is 49.6 Å². The highest BCUT2D eigenvalue weighted by Crippen LogP contribution is 2.16. The van der Waals surface area contributed by atoms with Crippen molar-refractivity contribution in [3.05, 3.63) is 60.2 Å². The Kier molecular flexibility index (Phi) is 7.47. The zero-order chi connectivity index (χ0) is 20.5. The molecule has 2 aromatic carbocycles. The number of methoxy groups -OCH3 is 1. The first-order valence-electron chi connectivity index (χ1n) is 9.87. The Morgan fingerprint density at radius 1 is 1.03 bits per heavy atom. The molecule has 29 heavy (non-hydrogen) atoms. The molecule has 1 fully saturated rings. The van der Waals surface area contributed by atoms with Gasteiger partial charge in [0.25, 0.3) is 0 Å². The van der Waals surface area contributed by atoms with Gasteiger partial charge in [-0.2, -0.15) is 0 Å². The minimum Gasteiger partial charge on any atom is -0.496 e. The van der Waals surface area contributed by atoms with Crippen LogP contribution >= 0.6 is 0 Å². The number of ether oxygens (including phenoxy) is 1. The molecule has 3 amide bonds. The maximum Gasteiger partial charge on any atom is 0.315 e. The summed E-state index contributed by atoms with van der Waals surface area (Å²) < 4.78 is 5.30. The highest BCUT2D eigenvalue weighted by Gasteiger charge is 2.22. The van der Waals surface area contributed by atoms with E-state index in [-0.39, 0.29) is 18.0 Å². The molecule has 2 aromatic rings. The SMILES string of the molecule is COc1ccccc1CNC(=O)NC1CCN(CC(=O)Nc2ccccc2)CC1. The van der Waals surface area contributed by atoms with Gasteiger partial charge in [-0.1, -0.05) is 36.4 Å². The lowest BCUT2D eigenvalue weighted by Crippen LogP contribution is -2.48. The van der Waals surface area contributed by atoms with Crippen LogP contribution in [0.3, 0.4) is 0 Å². The van der Waals surface area contributed by atoms with Gasteiger partial charge in [0.15, 0.2) is 0 Å². The third-order valence-electron chi connectivity index (χ3n) is 4.98. The molecular formula is C22H28N4O3. The van der Waals surface area contributed by atoms with E-state index < -0.39 is 0 Å². The van der Waals surface area contributed by atoms with E-state index in [1.807, 2.05) is 54.6 Å². The predicted molar refractivity (Wildman–Crippen MR) is 113 cm³/mol. The predicted octanol–water partition coefficient (Wildman–Crippen LogP) is 2.60. The first-order chi connectivity index (χ1) is 14.1. The average Bonchev–Trinajstić information content (AvgIpc) is 2.74. The highest BCUT2D eigenvalue weighted by atomic mass is 16.5. The van der Waals surface area contributed by atoms with Crippen LogP contribution in [0.4, 0.5) is 10.5 Å². The summed E-state index contributed by atoms with van der Waals surface area (Å²) in [4.78, 5) is 26.5. The topological polar surface area (TPSA) is 82.7 Å². The molecule has 0 spiro atoms. The van der Waals surface area contributed by atoms with E-state index in [4.69, 9.17) is 4.74 Å². The van der Waals surface area contributed by atoms with E-state index in [1.165, 1.54) is 0 Å². The Labute approximate surface area is 171 Å². The van der Waals surface area contributed by atoms with Gasteiger partial charge in [-0.15, -0.1) is 0 Å². The Hall–Kier alpha value is -3.06. The normalized spacial score (nSPS) is 14.8. The summed E-state index contributed by atoms with van der Waals surface area (Å²) in [5, 5.41) is 8.81. The molecule has 0 atom stereocenters. The number of hydrogen-bond donors (Lipinski definition) is 3. The zero-order valence-corrected chi connectivity index (χ0v) is 16.7. The van der Waals surface area contributed by atoms with Gasteiger partial charge in [0.05, 0.1) is 13.7 Å². The summed E-state index contributed by atoms with van der Waals surface area (Å²) in [7, 11) is 1.62. The van der Waals surface area contributed by atoms with E-state index in [2.05, 4.69) is 20.9 Å². The number of para-hydroxylation sites is 2. The second kappa shape index (κ2) is 10.5. The fourth-order valence-electron chi connectivity index (χ4n) is 3.42. The molecule has 0 unspecified atom stereocenters. The molecule has 0 aliphatic carbocycles. The molecule has 3 N–H and O–H groups in total. The van der Waals surface area contributed by atoms with Crippen molar-refractivity contribution in [2.75, 3.05) is 32.1 Å². The van der Waals surface area contributed by atoms with Crippen molar-refractivity contribution in [1.29, 1.82) is 0 Å². The van der Waals surface area contributed by atoms with E-state index in [9.17, 15) is 9.59 Å². The zero-order valence-electron chi connectivity index (χ0n) is 16.7. The molecule has 1 saturated heterocycles. The van der Waals surface area contributed by atoms with Crippen molar-refractivity contribution >= 4 is 17.6 Å². The number of anilines is 1. The number of hydrogen-bond acceptors (Lipinski definition) is 4. The number of nitrogens with zero attached hydrogens (tertiary/aromatic N) is 1. The summed E-state index contributed by atoms with van der Waals surface area (Å²) in [6.45, 7) is 2.33. The molecule has 7 heteroatoms. The van der Waals surface area contributed by atoms with Gasteiger partial charge in [0.2, 0.25) is 5.91 Å². The number of nitrogens with one attached hydrogen (secondary N) is 3. The van der Waals surface area contributed by atoms with Crippen LogP contribution in [0.25, 0.3) is 0 Å². The van der Waals surface area contributed by atoms with Crippen molar-refractivity contribution in [2.45, 2.75) is 25.4 Å². The van der Waals surface area contributed by atoms with Gasteiger partial charge in [0, 0.05) is 36.9 Å². The van der Waals surface area contributed by atoms with Crippen molar-refractivity contribution < 1.29 is 14.3 Å². The smallest absolute Gasteiger partial charge is 0.315 e. The van der Waals surface area contributed by atoms with Gasteiger partial charge in [-0.3, -0.25) is 9.69 Å². The molecule has 0 radical (unpaired) electrons. The second-order valence-electron chi connectivity index (χ2n) is 7.10. The molecule has 3 rings (SSSR count). The third kappa shape index (κ3) is 6.50. The molecule has 0 aromatic heterocycles. The van der Waals surface area contributed by atoms with Crippen molar-refractivity contribution in [1.82, 2.24) is 15.5 Å². The summed E-state index contributed by atoms with van der Waals surface area (Å²) in [5.41, 5.74) is 1.74. The lowest BCUT2D eigenvalue weighted by molar-refractivity contribution is -0.117. The van der Waals surface area contributed by atoms with Crippen molar-refractivity contribution in [3.63, 3.8) is 0 Å². The number of carbonyl (C=O) groups is 2. The minimum absolute atomic E-state index is 0.0165. The average molecular weight is 396 g/mol. The Morgan fingerprint density at radius 2 is 1.72 bits per heavy atom. The number of piperidine rings is 1. The van der Waals surface area contributed by atoms with Crippen molar-refractivity contribution in [3.8, 4) is 5.75 Å². The van der Waals surface area contributed by atoms with Crippen LogP contribution in [0.5, 0.6) is 5.75 Å². The fraction of sp³-hybridized carbons (Fsp3) is 0.364. The molecule has 0 bridgehead atoms. The van der Waals surface area contributed by atoms with Crippen molar-refractivity contribution in [2.24, 2.45) is 0 Å². The molecule has 1 aliphatic heterocycles. The molecule has 0 saturated carbocycles. The lowest BCUT2D eigenvalue weighted by Gasteiger charge is -2.31. The van der Waals surface area contributed by atoms with Crippen LogP contribution in [0.2, 0.25) is 0 Å². The highest BCUT2D eigenvalue weighted by molar-refractivity contribution is 5.92. The molecule has 154 valence electrons.